The van der Waals surface area contributed by atoms with Gasteiger partial charge in [-0.25, -0.2) is 4.79 Å². The van der Waals surface area contributed by atoms with Gasteiger partial charge in [0.05, 0.1) is 12.8 Å². The molecule has 6 heteroatoms. The number of nitrogens with two attached hydrogens (primary N) is 1. The zero-order valence-corrected chi connectivity index (χ0v) is 8.23. The van der Waals surface area contributed by atoms with Crippen LogP contribution in [-0.4, -0.2) is 18.9 Å². The number of anilines is 1. The predicted molar refractivity (Wildman–Crippen MR) is 56.8 cm³/mol. The minimum absolute atomic E-state index is 0.0960. The summed E-state index contributed by atoms with van der Waals surface area (Å²) in [6.45, 7) is 0. The monoisotopic (exact) mass is 208 g/mol. The van der Waals surface area contributed by atoms with Crippen LogP contribution < -0.4 is 16.7 Å². The molecule has 0 aliphatic carbocycles. The van der Waals surface area contributed by atoms with Crippen LogP contribution in [0.3, 0.4) is 0 Å². The second-order valence-electron chi connectivity index (χ2n) is 2.59. The first-order valence-electron chi connectivity index (χ1n) is 4.21. The summed E-state index contributed by atoms with van der Waals surface area (Å²) >= 11 is 0. The first-order valence-corrected chi connectivity index (χ1v) is 4.21. The third-order valence-corrected chi connectivity index (χ3v) is 1.61. The molecule has 80 valence electrons. The van der Waals surface area contributed by atoms with Crippen LogP contribution in [0, 0.1) is 0 Å². The van der Waals surface area contributed by atoms with E-state index in [2.05, 4.69) is 20.7 Å². The first kappa shape index (κ1) is 10.8. The second-order valence-corrected chi connectivity index (χ2v) is 2.59. The fourth-order valence-electron chi connectivity index (χ4n) is 0.886. The zero-order chi connectivity index (χ0) is 11.1. The van der Waals surface area contributed by atoms with Gasteiger partial charge in [0.2, 0.25) is 5.84 Å². The molecule has 0 radical (unpaired) electrons. The van der Waals surface area contributed by atoms with Gasteiger partial charge >= 0.3 is 5.97 Å². The smallest absolute Gasteiger partial charge is 0.377 e. The van der Waals surface area contributed by atoms with Gasteiger partial charge in [-0.05, 0) is 12.1 Å². The molecule has 0 saturated heterocycles. The van der Waals surface area contributed by atoms with E-state index in [4.69, 9.17) is 5.84 Å². The van der Waals surface area contributed by atoms with Crippen LogP contribution in [0.15, 0.2) is 35.4 Å². The van der Waals surface area contributed by atoms with Crippen LogP contribution in [0.25, 0.3) is 0 Å². The first-order chi connectivity index (χ1) is 7.27. The topological polar surface area (TPSA) is 88.7 Å². The molecule has 1 aromatic rings. The number of carbonyl (C=O) groups is 1. The van der Waals surface area contributed by atoms with E-state index in [1.807, 2.05) is 30.3 Å². The molecule has 0 heterocycles. The van der Waals surface area contributed by atoms with Crippen molar-refractivity contribution in [1.82, 2.24) is 5.43 Å². The van der Waals surface area contributed by atoms with E-state index in [1.54, 1.807) is 0 Å². The fourth-order valence-corrected chi connectivity index (χ4v) is 0.886. The van der Waals surface area contributed by atoms with Crippen molar-refractivity contribution in [2.75, 3.05) is 12.5 Å². The van der Waals surface area contributed by atoms with E-state index >= 15 is 0 Å². The zero-order valence-electron chi connectivity index (χ0n) is 8.23. The molecule has 0 aliphatic rings. The lowest BCUT2D eigenvalue weighted by Crippen LogP contribution is -2.37. The fraction of sp³-hybridized carbons (Fsp3) is 0.111. The predicted octanol–water partition coefficient (Wildman–Crippen LogP) is 0.0483. The maximum Gasteiger partial charge on any atom is 0.377 e. The number of para-hydroxylation sites is 1. The number of amidine groups is 1. The van der Waals surface area contributed by atoms with Crippen molar-refractivity contribution in [3.8, 4) is 0 Å². The van der Waals surface area contributed by atoms with Gasteiger partial charge in [-0.3, -0.25) is 10.9 Å². The van der Waals surface area contributed by atoms with Crippen molar-refractivity contribution in [1.29, 1.82) is 0 Å². The summed E-state index contributed by atoms with van der Waals surface area (Å²) in [4.78, 5) is 11.0. The molecule has 0 fully saturated rings. The molecule has 0 saturated carbocycles. The van der Waals surface area contributed by atoms with E-state index in [-0.39, 0.29) is 5.84 Å². The normalized spacial score (nSPS) is 10.6. The number of hydrazine groups is 1. The highest BCUT2D eigenvalue weighted by Crippen LogP contribution is 2.02. The number of methoxy groups -OCH3 is 1. The largest absolute Gasteiger partial charge is 0.463 e. The SMILES string of the molecule is COC(=O)/C(=N/N)NNc1ccccc1. The number of ether oxygens (including phenoxy) is 1. The van der Waals surface area contributed by atoms with Crippen LogP contribution in [0.2, 0.25) is 0 Å². The van der Waals surface area contributed by atoms with Gasteiger partial charge in [0, 0.05) is 0 Å². The quantitative estimate of drug-likeness (QED) is 0.210. The Hall–Kier alpha value is -2.24. The van der Waals surface area contributed by atoms with Crippen molar-refractivity contribution < 1.29 is 9.53 Å². The molecular weight excluding hydrogens is 196 g/mol. The third-order valence-electron chi connectivity index (χ3n) is 1.61. The van der Waals surface area contributed by atoms with Crippen molar-refractivity contribution in [3.63, 3.8) is 0 Å². The molecule has 0 amide bonds. The average Bonchev–Trinajstić information content (AvgIpc) is 2.31. The minimum Gasteiger partial charge on any atom is -0.463 e. The highest BCUT2D eigenvalue weighted by Gasteiger charge is 2.09. The molecule has 0 aliphatic heterocycles. The summed E-state index contributed by atoms with van der Waals surface area (Å²) in [7, 11) is 1.25. The maximum absolute atomic E-state index is 11.0. The van der Waals surface area contributed by atoms with Crippen molar-refractivity contribution in [3.05, 3.63) is 30.3 Å². The Balaban J connectivity index is 2.53. The number of nitrogens with one attached hydrogen (secondary N) is 2. The van der Waals surface area contributed by atoms with Gasteiger partial charge in [0.25, 0.3) is 0 Å². The molecule has 0 spiro atoms. The van der Waals surface area contributed by atoms with Gasteiger partial charge in [0.1, 0.15) is 0 Å². The lowest BCUT2D eigenvalue weighted by Gasteiger charge is -2.09. The van der Waals surface area contributed by atoms with Crippen molar-refractivity contribution in [2.24, 2.45) is 10.9 Å². The Morgan fingerprint density at radius 1 is 1.40 bits per heavy atom. The van der Waals surface area contributed by atoms with E-state index in [1.165, 1.54) is 7.11 Å². The molecule has 6 nitrogen and oxygen atoms in total. The van der Waals surface area contributed by atoms with Gasteiger partial charge in [0.15, 0.2) is 0 Å². The molecular formula is C9H12N4O2. The van der Waals surface area contributed by atoms with Gasteiger partial charge < -0.3 is 10.6 Å². The van der Waals surface area contributed by atoms with E-state index in [0.717, 1.165) is 5.69 Å². The summed E-state index contributed by atoms with van der Waals surface area (Å²) in [6, 6.07) is 9.21. The number of carbonyl (C=O) groups excluding carboxylic acids is 1. The summed E-state index contributed by atoms with van der Waals surface area (Å²) < 4.78 is 4.44. The molecule has 1 aromatic carbocycles. The molecule has 0 aromatic heterocycles. The van der Waals surface area contributed by atoms with Crippen LogP contribution in [0.5, 0.6) is 0 Å². The Labute approximate surface area is 87.1 Å². The average molecular weight is 208 g/mol. The van der Waals surface area contributed by atoms with Crippen LogP contribution in [0.1, 0.15) is 0 Å². The van der Waals surface area contributed by atoms with E-state index in [0.29, 0.717) is 0 Å². The molecule has 15 heavy (non-hydrogen) atoms. The Morgan fingerprint density at radius 2 is 2.07 bits per heavy atom. The van der Waals surface area contributed by atoms with Crippen LogP contribution in [0.4, 0.5) is 5.69 Å². The number of rotatable bonds is 2. The third kappa shape index (κ3) is 3.18. The second kappa shape index (κ2) is 5.48. The molecule has 0 bridgehead atoms. The summed E-state index contributed by atoms with van der Waals surface area (Å²) in [5.74, 6) is 4.26. The molecule has 4 N–H and O–H groups in total. The van der Waals surface area contributed by atoms with Crippen molar-refractivity contribution >= 4 is 17.5 Å². The number of hydrogen-bond acceptors (Lipinski definition) is 5. The highest BCUT2D eigenvalue weighted by atomic mass is 16.5. The highest BCUT2D eigenvalue weighted by molar-refractivity contribution is 6.35. The van der Waals surface area contributed by atoms with E-state index < -0.39 is 5.97 Å². The lowest BCUT2D eigenvalue weighted by atomic mass is 10.3. The summed E-state index contributed by atoms with van der Waals surface area (Å²) in [5.41, 5.74) is 6.07. The van der Waals surface area contributed by atoms with Gasteiger partial charge in [-0.2, -0.15) is 5.10 Å². The molecule has 0 atom stereocenters. The summed E-state index contributed by atoms with van der Waals surface area (Å²) in [5, 5.41) is 3.24. The molecule has 1 rings (SSSR count). The Morgan fingerprint density at radius 3 is 2.60 bits per heavy atom. The minimum atomic E-state index is -0.638. The maximum atomic E-state index is 11.0. The Kier molecular flexibility index (Phi) is 3.96. The standard InChI is InChI=1S/C9H12N4O2/c1-15-9(14)8(11-10)13-12-7-5-3-2-4-6-7/h2-6,12H,10H2,1H3,(H,11,13). The number of benzene rings is 1. The lowest BCUT2D eigenvalue weighted by molar-refractivity contribution is -0.132. The Bertz CT molecular complexity index is 350. The van der Waals surface area contributed by atoms with Crippen LogP contribution >= 0.6 is 0 Å². The number of esters is 1. The van der Waals surface area contributed by atoms with Gasteiger partial charge in [-0.1, -0.05) is 18.2 Å². The van der Waals surface area contributed by atoms with Gasteiger partial charge in [-0.15, -0.1) is 0 Å². The van der Waals surface area contributed by atoms with Crippen LogP contribution in [-0.2, 0) is 9.53 Å². The van der Waals surface area contributed by atoms with Crippen molar-refractivity contribution in [2.45, 2.75) is 0 Å². The molecule has 0 unspecified atom stereocenters. The van der Waals surface area contributed by atoms with E-state index in [9.17, 15) is 4.79 Å². The number of hydrazone groups is 1. The summed E-state index contributed by atoms with van der Waals surface area (Å²) in [6.07, 6.45) is 0. The number of hydrogen-bond donors (Lipinski definition) is 3. The number of nitrogens with zero attached hydrogens (tertiary/aromatic N) is 1.